The molecule has 8 heteroatoms. The Labute approximate surface area is 144 Å². The van der Waals surface area contributed by atoms with E-state index in [0.29, 0.717) is 36.2 Å². The quantitative estimate of drug-likeness (QED) is 0.798. The number of ether oxygens (including phenoxy) is 1. The molecule has 1 saturated carbocycles. The van der Waals surface area contributed by atoms with Gasteiger partial charge in [-0.05, 0) is 54.1 Å². The molecule has 2 aromatic heterocycles. The van der Waals surface area contributed by atoms with Crippen LogP contribution in [0, 0.1) is 18.8 Å². The summed E-state index contributed by atoms with van der Waals surface area (Å²) in [5.41, 5.74) is 0.191. The number of fused-ring (bicyclic) bond motifs is 1. The zero-order chi connectivity index (χ0) is 16.7. The van der Waals surface area contributed by atoms with Gasteiger partial charge < -0.3 is 4.74 Å². The predicted octanol–water partition coefficient (Wildman–Crippen LogP) is 2.41. The van der Waals surface area contributed by atoms with Gasteiger partial charge in [-0.3, -0.25) is 19.1 Å². The number of thiophene rings is 1. The Hall–Kier alpha value is -1.41. The second kappa shape index (κ2) is 6.24. The maximum absolute atomic E-state index is 12.6. The maximum atomic E-state index is 12.6. The summed E-state index contributed by atoms with van der Waals surface area (Å²) in [5, 5.41) is 0.558. The molecule has 1 fully saturated rings. The molecule has 1 N–H and O–H groups in total. The number of esters is 1. The summed E-state index contributed by atoms with van der Waals surface area (Å²) in [5.74, 6) is -0.128. The molecule has 3 rings (SSSR count). The SMILES string of the molecule is CCOC(=O)C1CC(Cn2c(=O)[nH]c3sc(Br)c(C)c3c2=O)C1. The number of hydrogen-bond donors (Lipinski definition) is 1. The topological polar surface area (TPSA) is 81.2 Å². The van der Waals surface area contributed by atoms with Crippen LogP contribution >= 0.6 is 27.3 Å². The van der Waals surface area contributed by atoms with Crippen molar-refractivity contribution in [2.24, 2.45) is 11.8 Å². The van der Waals surface area contributed by atoms with E-state index >= 15 is 0 Å². The van der Waals surface area contributed by atoms with Crippen molar-refractivity contribution in [1.29, 1.82) is 0 Å². The lowest BCUT2D eigenvalue weighted by molar-refractivity contribution is -0.153. The summed E-state index contributed by atoms with van der Waals surface area (Å²) >= 11 is 4.75. The van der Waals surface area contributed by atoms with Gasteiger partial charge >= 0.3 is 11.7 Å². The molecule has 0 atom stereocenters. The number of H-pyrrole nitrogens is 1. The van der Waals surface area contributed by atoms with Gasteiger partial charge in [0.2, 0.25) is 0 Å². The van der Waals surface area contributed by atoms with Crippen molar-refractivity contribution in [2.75, 3.05) is 6.61 Å². The first-order valence-electron chi connectivity index (χ1n) is 7.50. The minimum atomic E-state index is -0.393. The van der Waals surface area contributed by atoms with Crippen LogP contribution in [-0.2, 0) is 16.1 Å². The van der Waals surface area contributed by atoms with Crippen LogP contribution in [0.25, 0.3) is 10.2 Å². The number of carbonyl (C=O) groups excluding carboxylic acids is 1. The molecule has 1 aliphatic rings. The maximum Gasteiger partial charge on any atom is 0.329 e. The van der Waals surface area contributed by atoms with Crippen LogP contribution < -0.4 is 11.2 Å². The van der Waals surface area contributed by atoms with E-state index in [-0.39, 0.29) is 23.4 Å². The molecular formula is C15H17BrN2O4S. The molecule has 0 spiro atoms. The lowest BCUT2D eigenvalue weighted by Gasteiger charge is -2.33. The van der Waals surface area contributed by atoms with E-state index in [1.807, 2.05) is 6.92 Å². The van der Waals surface area contributed by atoms with E-state index in [1.165, 1.54) is 15.9 Å². The van der Waals surface area contributed by atoms with Gasteiger partial charge in [-0.25, -0.2) is 4.79 Å². The third kappa shape index (κ3) is 2.89. The smallest absolute Gasteiger partial charge is 0.329 e. The third-order valence-electron chi connectivity index (χ3n) is 4.31. The zero-order valence-electron chi connectivity index (χ0n) is 12.8. The van der Waals surface area contributed by atoms with Crippen molar-refractivity contribution in [1.82, 2.24) is 9.55 Å². The first-order valence-corrected chi connectivity index (χ1v) is 9.11. The average Bonchev–Trinajstić information content (AvgIpc) is 2.71. The molecule has 1 aliphatic carbocycles. The second-order valence-corrected chi connectivity index (χ2v) is 8.18. The normalized spacial score (nSPS) is 20.5. The number of rotatable bonds is 4. The molecular weight excluding hydrogens is 384 g/mol. The lowest BCUT2D eigenvalue weighted by atomic mass is 9.75. The number of nitrogens with one attached hydrogen (secondary N) is 1. The van der Waals surface area contributed by atoms with Gasteiger partial charge in [-0.15, -0.1) is 11.3 Å². The fraction of sp³-hybridized carbons (Fsp3) is 0.533. The molecule has 23 heavy (non-hydrogen) atoms. The van der Waals surface area contributed by atoms with Crippen molar-refractivity contribution in [3.8, 4) is 0 Å². The van der Waals surface area contributed by atoms with Crippen molar-refractivity contribution in [2.45, 2.75) is 33.2 Å². The van der Waals surface area contributed by atoms with Gasteiger partial charge in [0.1, 0.15) is 4.83 Å². The monoisotopic (exact) mass is 400 g/mol. The summed E-state index contributed by atoms with van der Waals surface area (Å²) < 4.78 is 7.09. The first kappa shape index (κ1) is 16.4. The van der Waals surface area contributed by atoms with Crippen molar-refractivity contribution >= 4 is 43.5 Å². The molecule has 2 aromatic rings. The highest BCUT2D eigenvalue weighted by Crippen LogP contribution is 2.35. The van der Waals surface area contributed by atoms with Crippen molar-refractivity contribution in [3.63, 3.8) is 0 Å². The average molecular weight is 401 g/mol. The summed E-state index contributed by atoms with van der Waals surface area (Å²) in [6.45, 7) is 4.35. The van der Waals surface area contributed by atoms with Crippen LogP contribution in [-0.4, -0.2) is 22.1 Å². The molecule has 0 bridgehead atoms. The Balaban J connectivity index is 1.82. The number of aromatic amines is 1. The van der Waals surface area contributed by atoms with Crippen LogP contribution in [0.4, 0.5) is 0 Å². The fourth-order valence-corrected chi connectivity index (χ4v) is 4.58. The van der Waals surface area contributed by atoms with Gasteiger partial charge in [0, 0.05) is 6.54 Å². The molecule has 0 aliphatic heterocycles. The minimum Gasteiger partial charge on any atom is -0.466 e. The minimum absolute atomic E-state index is 0.101. The van der Waals surface area contributed by atoms with E-state index < -0.39 is 5.69 Å². The van der Waals surface area contributed by atoms with E-state index in [1.54, 1.807) is 6.92 Å². The highest BCUT2D eigenvalue weighted by molar-refractivity contribution is 9.11. The number of nitrogens with zero attached hydrogens (tertiary/aromatic N) is 1. The molecule has 0 radical (unpaired) electrons. The standard InChI is InChI=1S/C15H17BrN2O4S/c1-3-22-14(20)9-4-8(5-9)6-18-13(19)10-7(2)11(16)23-12(10)17-15(18)21/h8-9H,3-6H2,1-2H3,(H,17,21). The van der Waals surface area contributed by atoms with Crippen LogP contribution in [0.15, 0.2) is 13.4 Å². The Kier molecular flexibility index (Phi) is 4.46. The Morgan fingerprint density at radius 3 is 2.78 bits per heavy atom. The van der Waals surface area contributed by atoms with Gasteiger partial charge in [0.15, 0.2) is 0 Å². The summed E-state index contributed by atoms with van der Waals surface area (Å²) in [6.07, 6.45) is 1.32. The molecule has 2 heterocycles. The van der Waals surface area contributed by atoms with Crippen LogP contribution in [0.5, 0.6) is 0 Å². The van der Waals surface area contributed by atoms with Gasteiger partial charge in [0.25, 0.3) is 5.56 Å². The van der Waals surface area contributed by atoms with E-state index in [0.717, 1.165) is 9.35 Å². The molecule has 0 saturated heterocycles. The zero-order valence-corrected chi connectivity index (χ0v) is 15.3. The molecule has 0 aromatic carbocycles. The predicted molar refractivity (Wildman–Crippen MR) is 92.0 cm³/mol. The van der Waals surface area contributed by atoms with Crippen LogP contribution in [0.1, 0.15) is 25.3 Å². The fourth-order valence-electron chi connectivity index (χ4n) is 2.98. The summed E-state index contributed by atoms with van der Waals surface area (Å²) in [4.78, 5) is 39.8. The number of halogens is 1. The molecule has 124 valence electrons. The third-order valence-corrected chi connectivity index (χ3v) is 6.39. The number of hydrogen-bond acceptors (Lipinski definition) is 5. The van der Waals surface area contributed by atoms with E-state index in [2.05, 4.69) is 20.9 Å². The van der Waals surface area contributed by atoms with Gasteiger partial charge in [-0.1, -0.05) is 0 Å². The van der Waals surface area contributed by atoms with Gasteiger partial charge in [0.05, 0.1) is 21.7 Å². The largest absolute Gasteiger partial charge is 0.466 e. The number of aromatic nitrogens is 2. The van der Waals surface area contributed by atoms with Gasteiger partial charge in [-0.2, -0.15) is 0 Å². The Morgan fingerprint density at radius 1 is 1.43 bits per heavy atom. The Bertz CT molecular complexity index is 876. The van der Waals surface area contributed by atoms with E-state index in [9.17, 15) is 14.4 Å². The molecule has 0 amide bonds. The second-order valence-electron chi connectivity index (χ2n) is 5.84. The number of carbonyl (C=O) groups is 1. The van der Waals surface area contributed by atoms with Crippen LogP contribution in [0.2, 0.25) is 0 Å². The molecule has 0 unspecified atom stereocenters. The molecule has 6 nitrogen and oxygen atoms in total. The van der Waals surface area contributed by atoms with Crippen LogP contribution in [0.3, 0.4) is 0 Å². The summed E-state index contributed by atoms with van der Waals surface area (Å²) in [7, 11) is 0. The highest BCUT2D eigenvalue weighted by Gasteiger charge is 2.36. The van der Waals surface area contributed by atoms with Crippen molar-refractivity contribution < 1.29 is 9.53 Å². The first-order chi connectivity index (χ1) is 10.9. The lowest BCUT2D eigenvalue weighted by Crippen LogP contribution is -2.41. The van der Waals surface area contributed by atoms with Crippen molar-refractivity contribution in [3.05, 3.63) is 30.2 Å². The summed E-state index contributed by atoms with van der Waals surface area (Å²) in [6, 6.07) is 0. The highest BCUT2D eigenvalue weighted by atomic mass is 79.9. The number of aryl methyl sites for hydroxylation is 1. The Morgan fingerprint density at radius 2 is 2.13 bits per heavy atom. The van der Waals surface area contributed by atoms with E-state index in [4.69, 9.17) is 4.74 Å².